The molecule has 3 rings (SSSR count). The molecule has 4 heteroatoms. The molecule has 1 aliphatic rings. The predicted molar refractivity (Wildman–Crippen MR) is 83.9 cm³/mol. The van der Waals surface area contributed by atoms with Crippen LogP contribution in [0.25, 0.3) is 0 Å². The maximum atomic E-state index is 12.5. The molecular weight excluding hydrogens is 280 g/mol. The first kappa shape index (κ1) is 13.7. The second-order valence-electron chi connectivity index (χ2n) is 5.12. The van der Waals surface area contributed by atoms with Crippen LogP contribution in [0.1, 0.15) is 18.4 Å². The van der Waals surface area contributed by atoms with Gasteiger partial charge in [0.15, 0.2) is 0 Å². The van der Waals surface area contributed by atoms with E-state index in [1.165, 1.54) is 0 Å². The van der Waals surface area contributed by atoms with Crippen LogP contribution in [0.3, 0.4) is 0 Å². The molecule has 104 valence electrons. The van der Waals surface area contributed by atoms with E-state index in [0.717, 1.165) is 40.7 Å². The van der Waals surface area contributed by atoms with Crippen LogP contribution in [0.15, 0.2) is 59.5 Å². The summed E-state index contributed by atoms with van der Waals surface area (Å²) in [4.78, 5) is 13.4. The van der Waals surface area contributed by atoms with E-state index in [2.05, 4.69) is 5.32 Å². The zero-order valence-corrected chi connectivity index (χ0v) is 12.2. The molecule has 3 nitrogen and oxygen atoms in total. The first-order chi connectivity index (χ1) is 10.2. The average Bonchev–Trinajstić information content (AvgIpc) is 3.32. The summed E-state index contributed by atoms with van der Waals surface area (Å²) >= 11 is 1.11. The van der Waals surface area contributed by atoms with E-state index in [4.69, 9.17) is 5.26 Å². The first-order valence-electron chi connectivity index (χ1n) is 6.78. The van der Waals surface area contributed by atoms with Gasteiger partial charge in [-0.3, -0.25) is 4.79 Å². The van der Waals surface area contributed by atoms with Gasteiger partial charge in [0.05, 0.1) is 5.41 Å². The standard InChI is InChI=1S/C17H14N2OS/c18-12-21-15-8-6-14(7-9-15)19-16(20)17(10-11-17)13-4-2-1-3-5-13/h1-9H,10-11H2,(H,19,20). The molecule has 1 saturated carbocycles. The lowest BCUT2D eigenvalue weighted by Gasteiger charge is -2.15. The number of benzene rings is 2. The Morgan fingerprint density at radius 1 is 1.10 bits per heavy atom. The Labute approximate surface area is 128 Å². The summed E-state index contributed by atoms with van der Waals surface area (Å²) < 4.78 is 0. The van der Waals surface area contributed by atoms with Gasteiger partial charge in [0.1, 0.15) is 5.40 Å². The zero-order valence-electron chi connectivity index (χ0n) is 11.4. The van der Waals surface area contributed by atoms with Gasteiger partial charge >= 0.3 is 0 Å². The lowest BCUT2D eigenvalue weighted by molar-refractivity contribution is -0.118. The Kier molecular flexibility index (Phi) is 3.68. The van der Waals surface area contributed by atoms with E-state index < -0.39 is 0 Å². The summed E-state index contributed by atoms with van der Waals surface area (Å²) in [5.41, 5.74) is 1.49. The number of hydrogen-bond donors (Lipinski definition) is 1. The number of hydrogen-bond acceptors (Lipinski definition) is 3. The van der Waals surface area contributed by atoms with Crippen molar-refractivity contribution in [2.24, 2.45) is 0 Å². The van der Waals surface area contributed by atoms with Crippen molar-refractivity contribution < 1.29 is 4.79 Å². The third-order valence-corrected chi connectivity index (χ3v) is 4.39. The Balaban J connectivity index is 1.74. The number of anilines is 1. The largest absolute Gasteiger partial charge is 0.325 e. The number of nitrogens with zero attached hydrogens (tertiary/aromatic N) is 1. The normalized spacial score (nSPS) is 15.0. The molecule has 0 heterocycles. The third-order valence-electron chi connectivity index (χ3n) is 3.79. The number of carbonyl (C=O) groups excluding carboxylic acids is 1. The highest BCUT2D eigenvalue weighted by Gasteiger charge is 2.51. The maximum absolute atomic E-state index is 12.5. The molecule has 0 unspecified atom stereocenters. The number of thioether (sulfide) groups is 1. The summed E-state index contributed by atoms with van der Waals surface area (Å²) in [5.74, 6) is 0.0504. The summed E-state index contributed by atoms with van der Waals surface area (Å²) in [5, 5.41) is 13.6. The van der Waals surface area contributed by atoms with Gasteiger partial charge in [-0.1, -0.05) is 30.3 Å². The highest BCUT2D eigenvalue weighted by molar-refractivity contribution is 8.03. The van der Waals surface area contributed by atoms with Gasteiger partial charge in [0.2, 0.25) is 5.91 Å². The molecule has 0 atom stereocenters. The number of nitrogens with one attached hydrogen (secondary N) is 1. The number of thiocyanates is 1. The SMILES string of the molecule is N#CSc1ccc(NC(=O)C2(c3ccccc3)CC2)cc1. The summed E-state index contributed by atoms with van der Waals surface area (Å²) in [6, 6.07) is 17.3. The smallest absolute Gasteiger partial charge is 0.235 e. The number of amides is 1. The van der Waals surface area contributed by atoms with Crippen molar-refractivity contribution in [2.45, 2.75) is 23.2 Å². The molecule has 21 heavy (non-hydrogen) atoms. The molecule has 1 fully saturated rings. The Hall–Kier alpha value is -2.25. The van der Waals surface area contributed by atoms with Crippen molar-refractivity contribution in [3.8, 4) is 5.40 Å². The fraction of sp³-hybridized carbons (Fsp3) is 0.176. The molecule has 0 spiro atoms. The zero-order chi connectivity index (χ0) is 14.7. The molecular formula is C17H14N2OS. The number of carbonyl (C=O) groups is 1. The van der Waals surface area contributed by atoms with Gasteiger partial charge in [-0.05, 0) is 54.4 Å². The minimum atomic E-state index is -0.360. The molecule has 0 radical (unpaired) electrons. The number of nitriles is 1. The van der Waals surface area contributed by atoms with Gasteiger partial charge in [-0.25, -0.2) is 0 Å². The Bertz CT molecular complexity index is 685. The van der Waals surface area contributed by atoms with Gasteiger partial charge in [-0.15, -0.1) is 0 Å². The van der Waals surface area contributed by atoms with Gasteiger partial charge in [0, 0.05) is 10.6 Å². The van der Waals surface area contributed by atoms with Crippen molar-refractivity contribution in [3.05, 3.63) is 60.2 Å². The van der Waals surface area contributed by atoms with E-state index in [-0.39, 0.29) is 11.3 Å². The van der Waals surface area contributed by atoms with Crippen molar-refractivity contribution in [1.82, 2.24) is 0 Å². The molecule has 2 aromatic rings. The highest BCUT2D eigenvalue weighted by atomic mass is 32.2. The second kappa shape index (κ2) is 5.63. The fourth-order valence-corrected chi connectivity index (χ4v) is 2.82. The van der Waals surface area contributed by atoms with Crippen LogP contribution >= 0.6 is 11.8 Å². The molecule has 1 N–H and O–H groups in total. The van der Waals surface area contributed by atoms with Crippen LogP contribution in [-0.4, -0.2) is 5.91 Å². The van der Waals surface area contributed by atoms with E-state index in [1.54, 1.807) is 0 Å². The van der Waals surface area contributed by atoms with E-state index in [0.29, 0.717) is 0 Å². The second-order valence-corrected chi connectivity index (χ2v) is 5.98. The summed E-state index contributed by atoms with van der Waals surface area (Å²) in [6.45, 7) is 0. The van der Waals surface area contributed by atoms with Gasteiger partial charge in [0.25, 0.3) is 0 Å². The van der Waals surface area contributed by atoms with Crippen molar-refractivity contribution in [3.63, 3.8) is 0 Å². The van der Waals surface area contributed by atoms with Gasteiger partial charge < -0.3 is 5.32 Å². The molecule has 0 bridgehead atoms. The van der Waals surface area contributed by atoms with Crippen LogP contribution in [0, 0.1) is 10.7 Å². The monoisotopic (exact) mass is 294 g/mol. The third kappa shape index (κ3) is 2.79. The van der Waals surface area contributed by atoms with E-state index >= 15 is 0 Å². The van der Waals surface area contributed by atoms with Gasteiger partial charge in [-0.2, -0.15) is 5.26 Å². The number of rotatable bonds is 4. The highest BCUT2D eigenvalue weighted by Crippen LogP contribution is 2.48. The van der Waals surface area contributed by atoms with Crippen molar-refractivity contribution in [1.29, 1.82) is 5.26 Å². The first-order valence-corrected chi connectivity index (χ1v) is 7.59. The lowest BCUT2D eigenvalue weighted by atomic mass is 9.95. The van der Waals surface area contributed by atoms with Crippen molar-refractivity contribution in [2.75, 3.05) is 5.32 Å². The minimum Gasteiger partial charge on any atom is -0.325 e. The Morgan fingerprint density at radius 2 is 1.76 bits per heavy atom. The van der Waals surface area contributed by atoms with Crippen LogP contribution < -0.4 is 5.32 Å². The lowest BCUT2D eigenvalue weighted by Crippen LogP contribution is -2.27. The predicted octanol–water partition coefficient (Wildman–Crippen LogP) is 3.93. The quantitative estimate of drug-likeness (QED) is 0.686. The van der Waals surface area contributed by atoms with Crippen LogP contribution in [0.5, 0.6) is 0 Å². The minimum absolute atomic E-state index is 0.0504. The fourth-order valence-electron chi connectivity index (χ4n) is 2.44. The summed E-state index contributed by atoms with van der Waals surface area (Å²) in [7, 11) is 0. The molecule has 1 amide bonds. The summed E-state index contributed by atoms with van der Waals surface area (Å²) in [6.07, 6.45) is 1.79. The average molecular weight is 294 g/mol. The van der Waals surface area contributed by atoms with Crippen molar-refractivity contribution >= 4 is 23.4 Å². The van der Waals surface area contributed by atoms with Crippen LogP contribution in [-0.2, 0) is 10.2 Å². The Morgan fingerprint density at radius 3 is 2.33 bits per heavy atom. The maximum Gasteiger partial charge on any atom is 0.235 e. The molecule has 1 aliphatic carbocycles. The van der Waals surface area contributed by atoms with Crippen LogP contribution in [0.2, 0.25) is 0 Å². The molecule has 2 aromatic carbocycles. The topological polar surface area (TPSA) is 52.9 Å². The molecule has 0 aromatic heterocycles. The molecule has 0 saturated heterocycles. The van der Waals surface area contributed by atoms with E-state index in [9.17, 15) is 4.79 Å². The molecule has 0 aliphatic heterocycles. The van der Waals surface area contributed by atoms with E-state index in [1.807, 2.05) is 60.0 Å². The van der Waals surface area contributed by atoms with Crippen LogP contribution in [0.4, 0.5) is 5.69 Å².